The molecular formula is C26H23ClFN3O3. The molecule has 6 nitrogen and oxygen atoms in total. The number of hydrogen-bond acceptors (Lipinski definition) is 4. The molecule has 0 saturated carbocycles. The largest absolute Gasteiger partial charge is 0.497 e. The van der Waals surface area contributed by atoms with E-state index in [0.717, 1.165) is 11.1 Å². The van der Waals surface area contributed by atoms with E-state index < -0.39 is 23.7 Å². The number of likely N-dealkylation sites (N-methyl/N-ethyl adjacent to an activating group) is 1. The normalized spacial score (nSPS) is 15.1. The van der Waals surface area contributed by atoms with Gasteiger partial charge in [-0.1, -0.05) is 54.1 Å². The van der Waals surface area contributed by atoms with Crippen molar-refractivity contribution in [3.8, 4) is 5.75 Å². The average molecular weight is 480 g/mol. The number of halogens is 2. The Morgan fingerprint density at radius 1 is 1.12 bits per heavy atom. The average Bonchev–Trinajstić information content (AvgIpc) is 3.29. The van der Waals surface area contributed by atoms with E-state index in [4.69, 9.17) is 16.3 Å². The summed E-state index contributed by atoms with van der Waals surface area (Å²) in [7, 11) is 3.04. The van der Waals surface area contributed by atoms with Crippen molar-refractivity contribution in [3.05, 3.63) is 100 Å². The van der Waals surface area contributed by atoms with Crippen LogP contribution in [0.2, 0.25) is 5.02 Å². The van der Waals surface area contributed by atoms with E-state index in [1.54, 1.807) is 19.2 Å². The van der Waals surface area contributed by atoms with Crippen molar-refractivity contribution >= 4 is 29.1 Å². The van der Waals surface area contributed by atoms with Crippen molar-refractivity contribution in [1.82, 2.24) is 9.91 Å². The number of carbonyl (C=O) groups excluding carboxylic acids is 2. The lowest BCUT2D eigenvalue weighted by Crippen LogP contribution is -2.39. The van der Waals surface area contributed by atoms with Gasteiger partial charge in [0.2, 0.25) is 0 Å². The quantitative estimate of drug-likeness (QED) is 0.503. The Kier molecular flexibility index (Phi) is 6.93. The summed E-state index contributed by atoms with van der Waals surface area (Å²) in [4.78, 5) is 27.2. The monoisotopic (exact) mass is 479 g/mol. The molecule has 0 N–H and O–H groups in total. The number of nitrogens with zero attached hydrogens (tertiary/aromatic N) is 3. The van der Waals surface area contributed by atoms with E-state index in [2.05, 4.69) is 5.10 Å². The highest BCUT2D eigenvalue weighted by atomic mass is 35.5. The Morgan fingerprint density at radius 2 is 1.85 bits per heavy atom. The molecule has 0 fully saturated rings. The summed E-state index contributed by atoms with van der Waals surface area (Å²) in [5.74, 6) is -0.957. The lowest BCUT2D eigenvalue weighted by Gasteiger charge is -2.25. The zero-order valence-corrected chi connectivity index (χ0v) is 19.5. The van der Waals surface area contributed by atoms with E-state index in [-0.39, 0.29) is 12.1 Å². The number of amides is 2. The van der Waals surface area contributed by atoms with Crippen LogP contribution in [-0.4, -0.2) is 48.1 Å². The molecule has 4 rings (SSSR count). The van der Waals surface area contributed by atoms with Gasteiger partial charge in [-0.15, -0.1) is 0 Å². The van der Waals surface area contributed by atoms with Gasteiger partial charge < -0.3 is 9.64 Å². The van der Waals surface area contributed by atoms with Gasteiger partial charge in [-0.2, -0.15) is 5.10 Å². The van der Waals surface area contributed by atoms with Crippen LogP contribution in [0, 0.1) is 5.82 Å². The predicted molar refractivity (Wildman–Crippen MR) is 129 cm³/mol. The second kappa shape index (κ2) is 10.1. The number of carbonyl (C=O) groups is 2. The number of benzene rings is 3. The second-order valence-corrected chi connectivity index (χ2v) is 8.31. The maximum absolute atomic E-state index is 14.1. The van der Waals surface area contributed by atoms with Gasteiger partial charge in [-0.3, -0.25) is 9.59 Å². The molecule has 1 heterocycles. The van der Waals surface area contributed by atoms with E-state index in [1.165, 1.54) is 35.2 Å². The second-order valence-electron chi connectivity index (χ2n) is 7.90. The van der Waals surface area contributed by atoms with Gasteiger partial charge in [0.1, 0.15) is 18.1 Å². The Labute approximate surface area is 202 Å². The lowest BCUT2D eigenvalue weighted by molar-refractivity contribution is -0.133. The number of ether oxygens (including phenoxy) is 1. The first-order valence-electron chi connectivity index (χ1n) is 10.7. The maximum atomic E-state index is 14.1. The van der Waals surface area contributed by atoms with Gasteiger partial charge >= 0.3 is 0 Å². The minimum atomic E-state index is -0.639. The molecule has 34 heavy (non-hydrogen) atoms. The summed E-state index contributed by atoms with van der Waals surface area (Å²) in [6.45, 7) is -0.275. The SMILES string of the molecule is COc1cccc(C2=NN(C(=O)CN(C)C(=O)c3ccccc3F)[C@H](c3ccccc3Cl)C2)c1. The third kappa shape index (κ3) is 4.79. The molecule has 1 aliphatic rings. The summed E-state index contributed by atoms with van der Waals surface area (Å²) >= 11 is 6.45. The predicted octanol–water partition coefficient (Wildman–Crippen LogP) is 4.94. The van der Waals surface area contributed by atoms with Crippen LogP contribution < -0.4 is 4.74 Å². The molecule has 1 atom stereocenters. The van der Waals surface area contributed by atoms with Crippen molar-refractivity contribution < 1.29 is 18.7 Å². The standard InChI is InChI=1S/C26H23ClFN3O3/c1-30(26(33)20-11-4-6-13-22(20)28)16-25(32)31-24(19-10-3-5-12-21(19)27)15-23(29-31)17-8-7-9-18(14-17)34-2/h3-14,24H,15-16H2,1-2H3/t24-/m0/s1. The van der Waals surface area contributed by atoms with Gasteiger partial charge in [0, 0.05) is 24.1 Å². The molecule has 8 heteroatoms. The molecule has 0 spiro atoms. The highest BCUT2D eigenvalue weighted by Crippen LogP contribution is 2.36. The van der Waals surface area contributed by atoms with Crippen molar-refractivity contribution in [3.63, 3.8) is 0 Å². The fourth-order valence-corrected chi connectivity index (χ4v) is 4.15. The van der Waals surface area contributed by atoms with Crippen molar-refractivity contribution in [2.75, 3.05) is 20.7 Å². The zero-order valence-electron chi connectivity index (χ0n) is 18.7. The minimum Gasteiger partial charge on any atom is -0.497 e. The third-order valence-electron chi connectivity index (χ3n) is 5.66. The Balaban J connectivity index is 1.63. The lowest BCUT2D eigenvalue weighted by atomic mass is 9.98. The van der Waals surface area contributed by atoms with Crippen LogP contribution in [0.3, 0.4) is 0 Å². The number of methoxy groups -OCH3 is 1. The van der Waals surface area contributed by atoms with Crippen LogP contribution in [0.1, 0.15) is 33.9 Å². The molecule has 0 radical (unpaired) electrons. The van der Waals surface area contributed by atoms with Gasteiger partial charge in [0.15, 0.2) is 0 Å². The Bertz CT molecular complexity index is 1260. The summed E-state index contributed by atoms with van der Waals surface area (Å²) in [5.41, 5.74) is 2.17. The van der Waals surface area contributed by atoms with Crippen LogP contribution in [0.5, 0.6) is 5.75 Å². The molecule has 0 aromatic heterocycles. The molecule has 0 bridgehead atoms. The van der Waals surface area contributed by atoms with Crippen LogP contribution in [0.4, 0.5) is 4.39 Å². The maximum Gasteiger partial charge on any atom is 0.262 e. The number of rotatable bonds is 6. The van der Waals surface area contributed by atoms with E-state index >= 15 is 0 Å². The molecular weight excluding hydrogens is 457 g/mol. The first-order valence-corrected chi connectivity index (χ1v) is 11.0. The topological polar surface area (TPSA) is 62.2 Å². The third-order valence-corrected chi connectivity index (χ3v) is 6.00. The van der Waals surface area contributed by atoms with Gasteiger partial charge in [-0.05, 0) is 35.9 Å². The van der Waals surface area contributed by atoms with E-state index in [9.17, 15) is 14.0 Å². The van der Waals surface area contributed by atoms with Gasteiger partial charge in [0.25, 0.3) is 11.8 Å². The van der Waals surface area contributed by atoms with Crippen LogP contribution in [0.15, 0.2) is 77.9 Å². The fraction of sp³-hybridized carbons (Fsp3) is 0.192. The molecule has 0 unspecified atom stereocenters. The van der Waals surface area contributed by atoms with Crippen LogP contribution in [-0.2, 0) is 4.79 Å². The molecule has 1 aliphatic heterocycles. The van der Waals surface area contributed by atoms with Crippen LogP contribution >= 0.6 is 11.6 Å². The summed E-state index contributed by atoms with van der Waals surface area (Å²) in [6, 6.07) is 19.9. The highest BCUT2D eigenvalue weighted by Gasteiger charge is 2.35. The van der Waals surface area contributed by atoms with Crippen molar-refractivity contribution in [2.24, 2.45) is 5.10 Å². The highest BCUT2D eigenvalue weighted by molar-refractivity contribution is 6.31. The zero-order chi connectivity index (χ0) is 24.2. The van der Waals surface area contributed by atoms with Crippen molar-refractivity contribution in [2.45, 2.75) is 12.5 Å². The van der Waals surface area contributed by atoms with E-state index in [0.29, 0.717) is 22.9 Å². The number of hydrazone groups is 1. The first-order chi connectivity index (χ1) is 16.4. The molecule has 3 aromatic rings. The number of hydrogen-bond donors (Lipinski definition) is 0. The van der Waals surface area contributed by atoms with Gasteiger partial charge in [0.05, 0.1) is 24.4 Å². The molecule has 0 saturated heterocycles. The summed E-state index contributed by atoms with van der Waals surface area (Å²) < 4.78 is 19.4. The molecule has 0 aliphatic carbocycles. The van der Waals surface area contributed by atoms with Crippen LogP contribution in [0.25, 0.3) is 0 Å². The molecule has 174 valence electrons. The minimum absolute atomic E-state index is 0.0950. The van der Waals surface area contributed by atoms with E-state index in [1.807, 2.05) is 42.5 Å². The summed E-state index contributed by atoms with van der Waals surface area (Å²) in [5, 5.41) is 6.49. The Morgan fingerprint density at radius 3 is 2.59 bits per heavy atom. The van der Waals surface area contributed by atoms with Crippen molar-refractivity contribution in [1.29, 1.82) is 0 Å². The molecule has 2 amide bonds. The Hall–Kier alpha value is -3.71. The summed E-state index contributed by atoms with van der Waals surface area (Å²) in [6.07, 6.45) is 0.438. The first kappa shape index (κ1) is 23.4. The fourth-order valence-electron chi connectivity index (χ4n) is 3.89. The molecule has 3 aromatic carbocycles. The van der Waals surface area contributed by atoms with Gasteiger partial charge in [-0.25, -0.2) is 9.40 Å². The smallest absolute Gasteiger partial charge is 0.262 e.